The van der Waals surface area contributed by atoms with Crippen molar-refractivity contribution in [3.8, 4) is 28.6 Å². The number of fused-ring (bicyclic) bond motifs is 2. The molecule has 0 N–H and O–H groups in total. The molecule has 38 heavy (non-hydrogen) atoms. The van der Waals surface area contributed by atoms with E-state index in [4.69, 9.17) is 0 Å². The van der Waals surface area contributed by atoms with Crippen LogP contribution in [0.2, 0.25) is 0 Å². The maximum absolute atomic E-state index is 14.8. The Morgan fingerprint density at radius 1 is 1.08 bits per heavy atom. The van der Waals surface area contributed by atoms with Crippen molar-refractivity contribution in [2.75, 3.05) is 6.54 Å². The van der Waals surface area contributed by atoms with E-state index in [0.29, 0.717) is 39.2 Å². The Labute approximate surface area is 227 Å². The Balaban J connectivity index is 1.49. The average molecular weight is 566 g/mol. The molecule has 0 spiro atoms. The van der Waals surface area contributed by atoms with Crippen LogP contribution in [0.4, 0.5) is 4.39 Å². The molecule has 1 aliphatic heterocycles. The molecule has 5 aromatic rings. The molecule has 1 amide bonds. The van der Waals surface area contributed by atoms with Gasteiger partial charge in [0.1, 0.15) is 11.5 Å². The van der Waals surface area contributed by atoms with Gasteiger partial charge in [0.2, 0.25) is 0 Å². The van der Waals surface area contributed by atoms with E-state index < -0.39 is 5.82 Å². The highest BCUT2D eigenvalue weighted by Crippen LogP contribution is 2.32. The van der Waals surface area contributed by atoms with Crippen LogP contribution in [0.25, 0.3) is 28.2 Å². The third-order valence-electron chi connectivity index (χ3n) is 7.02. The lowest BCUT2D eigenvalue weighted by atomic mass is 9.93. The molecule has 0 unspecified atom stereocenters. The van der Waals surface area contributed by atoms with Crippen molar-refractivity contribution in [3.05, 3.63) is 112 Å². The lowest BCUT2D eigenvalue weighted by Crippen LogP contribution is -2.39. The first-order chi connectivity index (χ1) is 18.4. The second-order valence-electron chi connectivity index (χ2n) is 9.26. The number of nitrogens with zero attached hydrogens (tertiary/aromatic N) is 5. The first-order valence-electron chi connectivity index (χ1n) is 12.2. The standard InChI is InChI=1S/C30H21BrFN5O/c1-18-23-5-3-2-4-20(23)12-13-36(18)30(38)27-15-28(21-8-6-19(17-33)7-9-21)37-29(34-27)16-26(35-37)24-11-10-22(31)14-25(24)32/h2-11,14-16,18H,12-13H2,1H3/t18-/m1/s1. The van der Waals surface area contributed by atoms with Crippen LogP contribution in [0.15, 0.2) is 83.3 Å². The number of halogens is 2. The van der Waals surface area contributed by atoms with Crippen molar-refractivity contribution in [1.29, 1.82) is 5.26 Å². The molecule has 186 valence electrons. The smallest absolute Gasteiger partial charge is 0.273 e. The predicted octanol–water partition coefficient (Wildman–Crippen LogP) is 6.60. The van der Waals surface area contributed by atoms with Crippen molar-refractivity contribution in [3.63, 3.8) is 0 Å². The van der Waals surface area contributed by atoms with Crippen LogP contribution in [0.3, 0.4) is 0 Å². The van der Waals surface area contributed by atoms with Crippen LogP contribution < -0.4 is 0 Å². The lowest BCUT2D eigenvalue weighted by Gasteiger charge is -2.35. The number of carbonyl (C=O) groups is 1. The average Bonchev–Trinajstić information content (AvgIpc) is 3.36. The monoisotopic (exact) mass is 565 g/mol. The Kier molecular flexibility index (Phi) is 6.01. The van der Waals surface area contributed by atoms with Crippen LogP contribution in [0.5, 0.6) is 0 Å². The summed E-state index contributed by atoms with van der Waals surface area (Å²) in [5.41, 5.74) is 5.74. The highest BCUT2D eigenvalue weighted by molar-refractivity contribution is 9.10. The largest absolute Gasteiger partial charge is 0.330 e. The van der Waals surface area contributed by atoms with Crippen molar-refractivity contribution < 1.29 is 9.18 Å². The van der Waals surface area contributed by atoms with Gasteiger partial charge in [0.25, 0.3) is 5.91 Å². The van der Waals surface area contributed by atoms with Gasteiger partial charge in [0.15, 0.2) is 5.65 Å². The maximum atomic E-state index is 14.8. The number of hydrogen-bond donors (Lipinski definition) is 0. The summed E-state index contributed by atoms with van der Waals surface area (Å²) in [5.74, 6) is -0.596. The van der Waals surface area contributed by atoms with Gasteiger partial charge in [0, 0.05) is 28.2 Å². The van der Waals surface area contributed by atoms with Gasteiger partial charge < -0.3 is 4.90 Å². The molecule has 3 heterocycles. The molecule has 1 aliphatic rings. The third-order valence-corrected chi connectivity index (χ3v) is 7.51. The lowest BCUT2D eigenvalue weighted by molar-refractivity contribution is 0.0672. The minimum absolute atomic E-state index is 0.0961. The molecule has 1 atom stereocenters. The van der Waals surface area contributed by atoms with Crippen LogP contribution in [-0.4, -0.2) is 31.9 Å². The zero-order valence-electron chi connectivity index (χ0n) is 20.4. The summed E-state index contributed by atoms with van der Waals surface area (Å²) in [6, 6.07) is 25.5. The molecular weight excluding hydrogens is 545 g/mol. The van der Waals surface area contributed by atoms with Gasteiger partial charge in [-0.1, -0.05) is 52.3 Å². The van der Waals surface area contributed by atoms with E-state index >= 15 is 0 Å². The molecule has 8 heteroatoms. The molecule has 0 saturated carbocycles. The van der Waals surface area contributed by atoms with E-state index in [1.165, 1.54) is 11.6 Å². The molecule has 0 bridgehead atoms. The molecule has 0 radical (unpaired) electrons. The topological polar surface area (TPSA) is 74.3 Å². The number of benzene rings is 3. The minimum atomic E-state index is -0.417. The molecule has 6 nitrogen and oxygen atoms in total. The molecule has 0 aliphatic carbocycles. The number of aromatic nitrogens is 3. The van der Waals surface area contributed by atoms with Crippen molar-refractivity contribution in [2.45, 2.75) is 19.4 Å². The van der Waals surface area contributed by atoms with Crippen molar-refractivity contribution in [2.24, 2.45) is 0 Å². The molecule has 0 saturated heterocycles. The summed E-state index contributed by atoms with van der Waals surface area (Å²) < 4.78 is 17.0. The van der Waals surface area contributed by atoms with Gasteiger partial charge in [-0.15, -0.1) is 0 Å². The first-order valence-corrected chi connectivity index (χ1v) is 13.0. The second-order valence-corrected chi connectivity index (χ2v) is 10.2. The van der Waals surface area contributed by atoms with E-state index in [1.54, 1.807) is 40.9 Å². The zero-order valence-corrected chi connectivity index (χ0v) is 22.0. The fourth-order valence-corrected chi connectivity index (χ4v) is 5.36. The van der Waals surface area contributed by atoms with Gasteiger partial charge in [-0.3, -0.25) is 4.79 Å². The summed E-state index contributed by atoms with van der Waals surface area (Å²) in [4.78, 5) is 20.4. The van der Waals surface area contributed by atoms with Gasteiger partial charge in [-0.25, -0.2) is 13.9 Å². The highest BCUT2D eigenvalue weighted by Gasteiger charge is 2.29. The van der Waals surface area contributed by atoms with E-state index in [0.717, 1.165) is 17.5 Å². The Morgan fingerprint density at radius 3 is 2.63 bits per heavy atom. The molecule has 6 rings (SSSR count). The summed E-state index contributed by atoms with van der Waals surface area (Å²) in [5, 5.41) is 13.9. The normalized spacial score (nSPS) is 14.8. The van der Waals surface area contributed by atoms with E-state index in [-0.39, 0.29) is 17.6 Å². The van der Waals surface area contributed by atoms with Gasteiger partial charge in [-0.05, 0) is 60.9 Å². The number of amides is 1. The van der Waals surface area contributed by atoms with Crippen LogP contribution in [-0.2, 0) is 6.42 Å². The number of hydrogen-bond acceptors (Lipinski definition) is 4. The van der Waals surface area contributed by atoms with Crippen LogP contribution in [0.1, 0.15) is 40.1 Å². The number of carbonyl (C=O) groups excluding carboxylic acids is 1. The fraction of sp³-hybridized carbons (Fsp3) is 0.133. The fourth-order valence-electron chi connectivity index (χ4n) is 5.03. The predicted molar refractivity (Wildman–Crippen MR) is 146 cm³/mol. The van der Waals surface area contributed by atoms with Crippen LogP contribution >= 0.6 is 15.9 Å². The van der Waals surface area contributed by atoms with Gasteiger partial charge in [-0.2, -0.15) is 10.4 Å². The van der Waals surface area contributed by atoms with E-state index in [1.807, 2.05) is 36.1 Å². The summed E-state index contributed by atoms with van der Waals surface area (Å²) >= 11 is 3.29. The molecule has 3 aromatic carbocycles. The van der Waals surface area contributed by atoms with E-state index in [9.17, 15) is 14.4 Å². The first kappa shape index (κ1) is 24.0. The number of nitriles is 1. The molecule has 2 aromatic heterocycles. The zero-order chi connectivity index (χ0) is 26.4. The van der Waals surface area contributed by atoms with Gasteiger partial charge >= 0.3 is 0 Å². The van der Waals surface area contributed by atoms with Crippen molar-refractivity contribution in [1.82, 2.24) is 19.5 Å². The second kappa shape index (κ2) is 9.51. The Morgan fingerprint density at radius 2 is 1.87 bits per heavy atom. The summed E-state index contributed by atoms with van der Waals surface area (Å²) in [6.07, 6.45) is 0.774. The Hall–Kier alpha value is -4.35. The quantitative estimate of drug-likeness (QED) is 0.247. The molecule has 0 fully saturated rings. The van der Waals surface area contributed by atoms with Gasteiger partial charge in [0.05, 0.1) is 29.1 Å². The summed E-state index contributed by atoms with van der Waals surface area (Å²) in [7, 11) is 0. The van der Waals surface area contributed by atoms with Crippen LogP contribution in [0, 0.1) is 17.1 Å². The third kappa shape index (κ3) is 4.15. The molecular formula is C30H21BrFN5O. The van der Waals surface area contributed by atoms with Crippen molar-refractivity contribution >= 4 is 27.5 Å². The minimum Gasteiger partial charge on any atom is -0.330 e. The Bertz CT molecular complexity index is 1760. The van der Waals surface area contributed by atoms with E-state index in [2.05, 4.69) is 44.2 Å². The number of rotatable bonds is 3. The SMILES string of the molecule is C[C@@H]1c2ccccc2CCN1C(=O)c1cc(-c2ccc(C#N)cc2)n2nc(-c3ccc(Br)cc3F)cc2n1. The highest BCUT2D eigenvalue weighted by atomic mass is 79.9. The maximum Gasteiger partial charge on any atom is 0.273 e. The summed E-state index contributed by atoms with van der Waals surface area (Å²) in [6.45, 7) is 2.62.